The van der Waals surface area contributed by atoms with Gasteiger partial charge >= 0.3 is 6.09 Å². The van der Waals surface area contributed by atoms with E-state index in [1.165, 1.54) is 32.4 Å². The third kappa shape index (κ3) is 5.19. The first-order valence-corrected chi connectivity index (χ1v) is 10.2. The van der Waals surface area contributed by atoms with Crippen LogP contribution in [0.3, 0.4) is 0 Å². The van der Waals surface area contributed by atoms with E-state index in [0.717, 1.165) is 37.6 Å². The van der Waals surface area contributed by atoms with Crippen molar-refractivity contribution in [3.8, 4) is 0 Å². The Morgan fingerprint density at radius 3 is 2.63 bits per heavy atom. The summed E-state index contributed by atoms with van der Waals surface area (Å²) < 4.78 is 5.51. The number of nitrogens with zero attached hydrogens (tertiary/aromatic N) is 4. The van der Waals surface area contributed by atoms with Crippen LogP contribution in [0, 0.1) is 5.92 Å². The fourth-order valence-corrected chi connectivity index (χ4v) is 4.26. The molecule has 0 bridgehead atoms. The highest BCUT2D eigenvalue weighted by molar-refractivity contribution is 14.0. The van der Waals surface area contributed by atoms with Gasteiger partial charge in [-0.15, -0.1) is 24.0 Å². The van der Waals surface area contributed by atoms with Gasteiger partial charge in [0, 0.05) is 38.8 Å². The SMILES string of the molecule is CC(C)(C)OC(=O)N1CCN2C(NCC3CCN(C4CC4)C3)=NCC2C1.I. The first kappa shape index (κ1) is 21.0. The fraction of sp³-hybridized carbons (Fsp3) is 0.895. The number of halogens is 1. The Labute approximate surface area is 179 Å². The van der Waals surface area contributed by atoms with Crippen molar-refractivity contribution in [1.82, 2.24) is 20.0 Å². The largest absolute Gasteiger partial charge is 0.444 e. The van der Waals surface area contributed by atoms with Crippen LogP contribution in [0.5, 0.6) is 0 Å². The zero-order chi connectivity index (χ0) is 18.3. The Bertz CT molecular complexity index is 575. The second-order valence-corrected chi connectivity index (χ2v) is 9.20. The minimum Gasteiger partial charge on any atom is -0.444 e. The Morgan fingerprint density at radius 2 is 1.93 bits per heavy atom. The lowest BCUT2D eigenvalue weighted by Gasteiger charge is -2.39. The monoisotopic (exact) mass is 491 g/mol. The predicted molar refractivity (Wildman–Crippen MR) is 117 cm³/mol. The number of hydrogen-bond acceptors (Lipinski definition) is 6. The molecule has 1 saturated carbocycles. The smallest absolute Gasteiger partial charge is 0.410 e. The van der Waals surface area contributed by atoms with Gasteiger partial charge in [0.25, 0.3) is 0 Å². The summed E-state index contributed by atoms with van der Waals surface area (Å²) in [5.41, 5.74) is -0.442. The van der Waals surface area contributed by atoms with Crippen molar-refractivity contribution in [2.75, 3.05) is 45.8 Å². The van der Waals surface area contributed by atoms with Gasteiger partial charge in [0.2, 0.25) is 0 Å². The molecule has 27 heavy (non-hydrogen) atoms. The van der Waals surface area contributed by atoms with Gasteiger partial charge in [-0.05, 0) is 52.5 Å². The molecule has 4 rings (SSSR count). The number of rotatable bonds is 3. The van der Waals surface area contributed by atoms with Crippen LogP contribution in [0.15, 0.2) is 4.99 Å². The molecule has 0 aromatic carbocycles. The Morgan fingerprint density at radius 1 is 1.15 bits per heavy atom. The maximum Gasteiger partial charge on any atom is 0.410 e. The van der Waals surface area contributed by atoms with Gasteiger partial charge in [-0.2, -0.15) is 0 Å². The van der Waals surface area contributed by atoms with Crippen molar-refractivity contribution in [1.29, 1.82) is 0 Å². The van der Waals surface area contributed by atoms with Gasteiger partial charge in [0.15, 0.2) is 5.96 Å². The van der Waals surface area contributed by atoms with E-state index in [1.807, 2.05) is 25.7 Å². The summed E-state index contributed by atoms with van der Waals surface area (Å²) in [6.45, 7) is 12.2. The van der Waals surface area contributed by atoms with E-state index in [1.54, 1.807) is 0 Å². The molecule has 3 fully saturated rings. The van der Waals surface area contributed by atoms with Gasteiger partial charge in [0.05, 0.1) is 12.6 Å². The van der Waals surface area contributed by atoms with Crippen LogP contribution in [0.1, 0.15) is 40.0 Å². The number of likely N-dealkylation sites (tertiary alicyclic amines) is 1. The normalized spacial score (nSPS) is 28.5. The van der Waals surface area contributed by atoms with Crippen molar-refractivity contribution >= 4 is 36.0 Å². The Balaban J connectivity index is 0.00000210. The minimum absolute atomic E-state index is 0. The number of guanidine groups is 1. The number of carbonyl (C=O) groups is 1. The van der Waals surface area contributed by atoms with Crippen LogP contribution in [0.4, 0.5) is 4.79 Å². The molecule has 1 aliphatic carbocycles. The summed E-state index contributed by atoms with van der Waals surface area (Å²) in [5, 5.41) is 3.60. The Kier molecular flexibility index (Phi) is 6.45. The van der Waals surface area contributed by atoms with Crippen LogP contribution >= 0.6 is 24.0 Å². The average molecular weight is 491 g/mol. The zero-order valence-corrected chi connectivity index (χ0v) is 19.1. The molecule has 4 aliphatic rings. The fourth-order valence-electron chi connectivity index (χ4n) is 4.26. The first-order chi connectivity index (χ1) is 12.4. The van der Waals surface area contributed by atoms with Crippen LogP contribution in [-0.2, 0) is 4.74 Å². The number of fused-ring (bicyclic) bond motifs is 1. The second-order valence-electron chi connectivity index (χ2n) is 9.20. The van der Waals surface area contributed by atoms with Gasteiger partial charge in [-0.1, -0.05) is 0 Å². The summed E-state index contributed by atoms with van der Waals surface area (Å²) in [7, 11) is 0. The number of hydrogen-bond donors (Lipinski definition) is 1. The van der Waals surface area contributed by atoms with Crippen LogP contribution < -0.4 is 5.32 Å². The second kappa shape index (κ2) is 8.31. The highest BCUT2D eigenvalue weighted by Crippen LogP contribution is 2.31. The lowest BCUT2D eigenvalue weighted by molar-refractivity contribution is 0.0137. The molecule has 3 aliphatic heterocycles. The number of ether oxygens (including phenoxy) is 1. The molecule has 2 unspecified atom stereocenters. The van der Waals surface area contributed by atoms with Crippen LogP contribution in [0.25, 0.3) is 0 Å². The molecule has 154 valence electrons. The molecule has 1 N–H and O–H groups in total. The molecule has 1 amide bonds. The molecule has 2 saturated heterocycles. The average Bonchev–Trinajstić information content (AvgIpc) is 3.18. The summed E-state index contributed by atoms with van der Waals surface area (Å²) in [5.74, 6) is 1.77. The van der Waals surface area contributed by atoms with Crippen molar-refractivity contribution in [3.05, 3.63) is 0 Å². The third-order valence-corrected chi connectivity index (χ3v) is 5.79. The van der Waals surface area contributed by atoms with E-state index in [2.05, 4.69) is 15.1 Å². The molecule has 3 heterocycles. The molecular weight excluding hydrogens is 457 g/mol. The van der Waals surface area contributed by atoms with E-state index in [4.69, 9.17) is 9.73 Å². The molecule has 0 spiro atoms. The lowest BCUT2D eigenvalue weighted by Crippen LogP contribution is -2.57. The summed E-state index contributed by atoms with van der Waals surface area (Å²) in [6, 6.07) is 1.17. The van der Waals surface area contributed by atoms with E-state index >= 15 is 0 Å². The standard InChI is InChI=1S/C19H33N5O2.HI/c1-19(2,3)26-18(25)23-8-9-24-16(13-23)11-21-17(24)20-10-14-6-7-22(12-14)15-4-5-15;/h14-16H,4-13H2,1-3H3,(H,20,21);1H. The summed E-state index contributed by atoms with van der Waals surface area (Å²) >= 11 is 0. The van der Waals surface area contributed by atoms with E-state index in [-0.39, 0.29) is 36.1 Å². The lowest BCUT2D eigenvalue weighted by atomic mass is 10.1. The first-order valence-electron chi connectivity index (χ1n) is 10.2. The highest BCUT2D eigenvalue weighted by Gasteiger charge is 2.37. The molecule has 2 atom stereocenters. The number of nitrogens with one attached hydrogen (secondary N) is 1. The van der Waals surface area contributed by atoms with Gasteiger partial charge in [-0.3, -0.25) is 4.99 Å². The van der Waals surface area contributed by atoms with Crippen molar-refractivity contribution < 1.29 is 9.53 Å². The van der Waals surface area contributed by atoms with E-state index in [0.29, 0.717) is 13.1 Å². The van der Waals surface area contributed by atoms with Gasteiger partial charge in [0.1, 0.15) is 5.60 Å². The van der Waals surface area contributed by atoms with Gasteiger partial charge in [-0.25, -0.2) is 4.79 Å². The molecule has 0 radical (unpaired) electrons. The van der Waals surface area contributed by atoms with Crippen LogP contribution in [-0.4, -0.2) is 90.3 Å². The van der Waals surface area contributed by atoms with Gasteiger partial charge < -0.3 is 24.8 Å². The quantitative estimate of drug-likeness (QED) is 0.612. The molecule has 0 aromatic rings. The zero-order valence-electron chi connectivity index (χ0n) is 16.8. The molecule has 7 nitrogen and oxygen atoms in total. The predicted octanol–water partition coefficient (Wildman–Crippen LogP) is 1.97. The third-order valence-electron chi connectivity index (χ3n) is 5.79. The summed E-state index contributed by atoms with van der Waals surface area (Å²) in [6.07, 6.45) is 3.89. The Hall–Kier alpha value is -0.770. The van der Waals surface area contributed by atoms with Crippen molar-refractivity contribution in [2.45, 2.75) is 57.7 Å². The number of piperazine rings is 1. The number of carbonyl (C=O) groups excluding carboxylic acids is 1. The minimum atomic E-state index is -0.442. The molecule has 0 aromatic heterocycles. The number of aliphatic imine (C=N–C) groups is 1. The topological polar surface area (TPSA) is 60.4 Å². The maximum atomic E-state index is 12.3. The molecule has 8 heteroatoms. The highest BCUT2D eigenvalue weighted by atomic mass is 127. The maximum absolute atomic E-state index is 12.3. The molecular formula is C19H34IN5O2. The van der Waals surface area contributed by atoms with E-state index in [9.17, 15) is 4.79 Å². The van der Waals surface area contributed by atoms with Crippen molar-refractivity contribution in [2.24, 2.45) is 10.9 Å². The number of amides is 1. The van der Waals surface area contributed by atoms with Crippen molar-refractivity contribution in [3.63, 3.8) is 0 Å². The van der Waals surface area contributed by atoms with E-state index < -0.39 is 5.60 Å². The van der Waals surface area contributed by atoms with Crippen LogP contribution in [0.2, 0.25) is 0 Å². The summed E-state index contributed by atoms with van der Waals surface area (Å²) in [4.78, 5) is 23.8.